The lowest BCUT2D eigenvalue weighted by molar-refractivity contribution is -0.124. The Bertz CT molecular complexity index is 415. The van der Waals surface area contributed by atoms with Gasteiger partial charge in [-0.3, -0.25) is 4.79 Å². The van der Waals surface area contributed by atoms with Gasteiger partial charge in [-0.15, -0.1) is 0 Å². The zero-order chi connectivity index (χ0) is 12.6. The number of hydrogen-bond donors (Lipinski definition) is 1. The van der Waals surface area contributed by atoms with Crippen molar-refractivity contribution in [1.29, 1.82) is 0 Å². The van der Waals surface area contributed by atoms with Crippen LogP contribution in [0, 0.1) is 11.8 Å². The molecule has 0 amide bonds. The molecule has 1 aliphatic heterocycles. The first-order valence-electron chi connectivity index (χ1n) is 5.51. The first kappa shape index (κ1) is 11.9. The van der Waals surface area contributed by atoms with Crippen LogP contribution in [0.5, 0.6) is 0 Å². The third-order valence-electron chi connectivity index (χ3n) is 3.07. The van der Waals surface area contributed by atoms with Gasteiger partial charge in [0.15, 0.2) is 5.78 Å². The molecule has 0 aromatic heterocycles. The van der Waals surface area contributed by atoms with Crippen molar-refractivity contribution < 1.29 is 19.4 Å². The Balaban J connectivity index is 2.00. The molecule has 4 heteroatoms. The van der Waals surface area contributed by atoms with Gasteiger partial charge in [0.05, 0.1) is 11.7 Å². The fraction of sp³-hybridized carbons (Fsp3) is 0.462. The third kappa shape index (κ3) is 2.13. The quantitative estimate of drug-likeness (QED) is 0.755. The average Bonchev–Trinajstić information content (AvgIpc) is 2.89. The second-order valence-corrected chi connectivity index (χ2v) is 4.40. The van der Waals surface area contributed by atoms with Crippen LogP contribution in [0.3, 0.4) is 0 Å². The molecule has 1 aliphatic carbocycles. The van der Waals surface area contributed by atoms with E-state index < -0.39 is 0 Å². The molecule has 1 saturated carbocycles. The monoisotopic (exact) mass is 236 g/mol. The van der Waals surface area contributed by atoms with E-state index in [2.05, 4.69) is 6.58 Å². The molecule has 1 N–H and O–H groups in total. The fourth-order valence-corrected chi connectivity index (χ4v) is 2.20. The molecule has 0 spiro atoms. The Hall–Kier alpha value is -1.55. The first-order valence-corrected chi connectivity index (χ1v) is 5.51. The predicted molar refractivity (Wildman–Crippen MR) is 62.3 cm³/mol. The molecular weight excluding hydrogens is 220 g/mol. The molecule has 0 radical (unpaired) electrons. The zero-order valence-corrected chi connectivity index (χ0v) is 9.97. The molecule has 0 aromatic carbocycles. The van der Waals surface area contributed by atoms with Crippen molar-refractivity contribution >= 4 is 5.78 Å². The number of Topliss-reactive ketones (excluding diaryl/α,β-unsaturated/α-hetero) is 1. The van der Waals surface area contributed by atoms with Crippen LogP contribution in [0.25, 0.3) is 0 Å². The Morgan fingerprint density at radius 2 is 2.35 bits per heavy atom. The lowest BCUT2D eigenvalue weighted by Gasteiger charge is -2.07. The molecule has 1 saturated heterocycles. The van der Waals surface area contributed by atoms with Crippen LogP contribution >= 0.6 is 0 Å². The SMILES string of the molecule is C=C1/C(=C\C=C(/C)O)O[C@H]2[C@@H]1[C@@H]2C(=O)COC. The molecule has 0 unspecified atom stereocenters. The van der Waals surface area contributed by atoms with Crippen LogP contribution in [0.2, 0.25) is 0 Å². The van der Waals surface area contributed by atoms with Gasteiger partial charge in [0.25, 0.3) is 0 Å². The number of ketones is 1. The molecule has 2 fully saturated rings. The van der Waals surface area contributed by atoms with E-state index in [0.29, 0.717) is 5.76 Å². The van der Waals surface area contributed by atoms with Crippen LogP contribution in [0.15, 0.2) is 35.8 Å². The smallest absolute Gasteiger partial charge is 0.165 e. The summed E-state index contributed by atoms with van der Waals surface area (Å²) in [6.45, 7) is 5.64. The molecule has 92 valence electrons. The van der Waals surface area contributed by atoms with Crippen molar-refractivity contribution in [3.63, 3.8) is 0 Å². The van der Waals surface area contributed by atoms with E-state index in [1.54, 1.807) is 19.1 Å². The highest BCUT2D eigenvalue weighted by Gasteiger charge is 2.62. The maximum Gasteiger partial charge on any atom is 0.165 e. The zero-order valence-electron chi connectivity index (χ0n) is 9.97. The Kier molecular flexibility index (Phi) is 3.07. The summed E-state index contributed by atoms with van der Waals surface area (Å²) in [5.41, 5.74) is 0.835. The van der Waals surface area contributed by atoms with Crippen molar-refractivity contribution in [2.75, 3.05) is 13.7 Å². The van der Waals surface area contributed by atoms with Crippen LogP contribution in [0.4, 0.5) is 0 Å². The topological polar surface area (TPSA) is 55.8 Å². The highest BCUT2D eigenvalue weighted by Crippen LogP contribution is 2.56. The maximum absolute atomic E-state index is 11.6. The number of allylic oxidation sites excluding steroid dienone is 4. The number of carbonyl (C=O) groups excluding carboxylic acids is 1. The van der Waals surface area contributed by atoms with Gasteiger partial charge in [0.2, 0.25) is 0 Å². The number of ether oxygens (including phenoxy) is 2. The summed E-state index contributed by atoms with van der Waals surface area (Å²) in [6, 6.07) is 0. The number of methoxy groups -OCH3 is 1. The summed E-state index contributed by atoms with van der Waals surface area (Å²) < 4.78 is 10.4. The maximum atomic E-state index is 11.6. The number of rotatable bonds is 4. The van der Waals surface area contributed by atoms with E-state index in [-0.39, 0.29) is 36.1 Å². The molecule has 1 heterocycles. The van der Waals surface area contributed by atoms with Gasteiger partial charge in [-0.05, 0) is 24.6 Å². The normalized spacial score (nSPS) is 33.5. The van der Waals surface area contributed by atoms with Crippen LogP contribution in [-0.4, -0.2) is 30.7 Å². The minimum atomic E-state index is -0.0983. The minimum Gasteiger partial charge on any atom is -0.513 e. The summed E-state index contributed by atoms with van der Waals surface area (Å²) >= 11 is 0. The summed E-state index contributed by atoms with van der Waals surface area (Å²) in [5.74, 6) is 0.933. The highest BCUT2D eigenvalue weighted by molar-refractivity contribution is 5.87. The molecule has 2 rings (SSSR count). The van der Waals surface area contributed by atoms with Crippen LogP contribution < -0.4 is 0 Å². The minimum absolute atomic E-state index is 0.0663. The first-order chi connectivity index (χ1) is 8.06. The van der Waals surface area contributed by atoms with Crippen molar-refractivity contribution in [3.8, 4) is 0 Å². The van der Waals surface area contributed by atoms with Crippen molar-refractivity contribution in [1.82, 2.24) is 0 Å². The number of hydrogen-bond acceptors (Lipinski definition) is 4. The van der Waals surface area contributed by atoms with Gasteiger partial charge in [0, 0.05) is 13.0 Å². The van der Waals surface area contributed by atoms with Gasteiger partial charge in [0.1, 0.15) is 18.5 Å². The van der Waals surface area contributed by atoms with E-state index in [9.17, 15) is 4.79 Å². The standard InChI is InChI=1S/C13H16O4/c1-7(14)4-5-10-8(2)11-12(13(11)17-10)9(15)6-16-3/h4-5,11-14H,2,6H2,1,3H3/b7-4+,10-5+/t11-,12-,13-/m0/s1. The highest BCUT2D eigenvalue weighted by atomic mass is 16.5. The Labute approximate surface area is 100 Å². The second kappa shape index (κ2) is 4.37. The summed E-state index contributed by atoms with van der Waals surface area (Å²) in [4.78, 5) is 11.6. The van der Waals surface area contributed by atoms with Gasteiger partial charge in [-0.25, -0.2) is 0 Å². The molecule has 17 heavy (non-hydrogen) atoms. The van der Waals surface area contributed by atoms with E-state index in [1.807, 2.05) is 0 Å². The van der Waals surface area contributed by atoms with E-state index in [0.717, 1.165) is 5.57 Å². The van der Waals surface area contributed by atoms with Crippen molar-refractivity contribution in [2.24, 2.45) is 11.8 Å². The van der Waals surface area contributed by atoms with Gasteiger partial charge in [-0.1, -0.05) is 6.58 Å². The predicted octanol–water partition coefficient (Wildman–Crippen LogP) is 1.75. The molecule has 3 atom stereocenters. The van der Waals surface area contributed by atoms with E-state index in [4.69, 9.17) is 14.6 Å². The lowest BCUT2D eigenvalue weighted by atomic mass is 10.1. The Morgan fingerprint density at radius 1 is 1.65 bits per heavy atom. The summed E-state index contributed by atoms with van der Waals surface area (Å²) in [6.07, 6.45) is 3.16. The number of carbonyl (C=O) groups is 1. The van der Waals surface area contributed by atoms with Gasteiger partial charge >= 0.3 is 0 Å². The number of aliphatic hydroxyl groups is 1. The van der Waals surface area contributed by atoms with Gasteiger partial charge < -0.3 is 14.6 Å². The third-order valence-corrected chi connectivity index (χ3v) is 3.07. The number of fused-ring (bicyclic) bond motifs is 1. The summed E-state index contributed by atoms with van der Waals surface area (Å²) in [7, 11) is 1.51. The van der Waals surface area contributed by atoms with Crippen LogP contribution in [0.1, 0.15) is 6.92 Å². The average molecular weight is 236 g/mol. The molecule has 0 bridgehead atoms. The van der Waals surface area contributed by atoms with Crippen molar-refractivity contribution in [3.05, 3.63) is 35.8 Å². The molecule has 2 aliphatic rings. The Morgan fingerprint density at radius 3 is 2.82 bits per heavy atom. The fourth-order valence-electron chi connectivity index (χ4n) is 2.20. The van der Waals surface area contributed by atoms with E-state index in [1.165, 1.54) is 7.11 Å². The largest absolute Gasteiger partial charge is 0.513 e. The molecule has 0 aromatic rings. The van der Waals surface area contributed by atoms with Crippen molar-refractivity contribution in [2.45, 2.75) is 13.0 Å². The molecular formula is C13H16O4. The van der Waals surface area contributed by atoms with Gasteiger partial charge in [-0.2, -0.15) is 0 Å². The van der Waals surface area contributed by atoms with Crippen LogP contribution in [-0.2, 0) is 14.3 Å². The second-order valence-electron chi connectivity index (χ2n) is 4.40. The summed E-state index contributed by atoms with van der Waals surface area (Å²) in [5, 5.41) is 9.05. The number of aliphatic hydroxyl groups excluding tert-OH is 1. The molecule has 4 nitrogen and oxygen atoms in total. The van der Waals surface area contributed by atoms with E-state index >= 15 is 0 Å². The lowest BCUT2D eigenvalue weighted by Crippen LogP contribution is -2.14.